The molecule has 3 nitrogen and oxygen atoms in total. The summed E-state index contributed by atoms with van der Waals surface area (Å²) in [6.45, 7) is -0.403. The normalized spacial score (nSPS) is 10.2. The summed E-state index contributed by atoms with van der Waals surface area (Å²) >= 11 is 5.56. The third kappa shape index (κ3) is 1.68. The van der Waals surface area contributed by atoms with Gasteiger partial charge in [-0.2, -0.15) is 0 Å². The zero-order valence-corrected chi connectivity index (χ0v) is 7.60. The maximum atomic E-state index is 12.8. The van der Waals surface area contributed by atoms with Gasteiger partial charge in [-0.1, -0.05) is 11.6 Å². The fraction of sp³-hybridized carbons (Fsp3) is 0.250. The SMILES string of the molecule is COc1c(CO)cc(F)c(O)c1Cl. The van der Waals surface area contributed by atoms with Crippen molar-refractivity contribution in [1.29, 1.82) is 0 Å². The highest BCUT2D eigenvalue weighted by atomic mass is 35.5. The van der Waals surface area contributed by atoms with Crippen LogP contribution in [0.1, 0.15) is 5.56 Å². The van der Waals surface area contributed by atoms with Gasteiger partial charge in [0.1, 0.15) is 10.8 Å². The van der Waals surface area contributed by atoms with Crippen molar-refractivity contribution < 1.29 is 19.3 Å². The lowest BCUT2D eigenvalue weighted by atomic mass is 10.2. The third-order valence-electron chi connectivity index (χ3n) is 1.60. The van der Waals surface area contributed by atoms with Crippen LogP contribution in [0, 0.1) is 5.82 Å². The Kier molecular flexibility index (Phi) is 2.95. The third-order valence-corrected chi connectivity index (χ3v) is 1.95. The van der Waals surface area contributed by atoms with Gasteiger partial charge in [-0.15, -0.1) is 0 Å². The number of rotatable bonds is 2. The number of hydrogen-bond acceptors (Lipinski definition) is 3. The van der Waals surface area contributed by atoms with Crippen molar-refractivity contribution >= 4 is 11.6 Å². The van der Waals surface area contributed by atoms with Gasteiger partial charge in [0.25, 0.3) is 0 Å². The molecular weight excluding hydrogens is 199 g/mol. The quantitative estimate of drug-likeness (QED) is 0.774. The van der Waals surface area contributed by atoms with E-state index in [9.17, 15) is 4.39 Å². The fourth-order valence-electron chi connectivity index (χ4n) is 0.978. The number of aliphatic hydroxyl groups excluding tert-OH is 1. The molecule has 1 aromatic rings. The van der Waals surface area contributed by atoms with Crippen LogP contribution in [0.15, 0.2) is 6.07 Å². The molecule has 5 heteroatoms. The van der Waals surface area contributed by atoms with E-state index in [1.165, 1.54) is 7.11 Å². The second-order valence-corrected chi connectivity index (χ2v) is 2.75. The van der Waals surface area contributed by atoms with Gasteiger partial charge in [0.05, 0.1) is 13.7 Å². The predicted molar refractivity (Wildman–Crippen MR) is 45.5 cm³/mol. The van der Waals surface area contributed by atoms with Crippen molar-refractivity contribution in [2.24, 2.45) is 0 Å². The maximum absolute atomic E-state index is 12.8. The highest BCUT2D eigenvalue weighted by Crippen LogP contribution is 2.38. The number of phenols is 1. The van der Waals surface area contributed by atoms with Crippen LogP contribution in [0.5, 0.6) is 11.5 Å². The van der Waals surface area contributed by atoms with Crippen molar-refractivity contribution in [3.63, 3.8) is 0 Å². The molecule has 0 saturated carbocycles. The van der Waals surface area contributed by atoms with Crippen LogP contribution in [-0.4, -0.2) is 17.3 Å². The van der Waals surface area contributed by atoms with Crippen LogP contribution in [0.3, 0.4) is 0 Å². The van der Waals surface area contributed by atoms with Gasteiger partial charge in [0.2, 0.25) is 0 Å². The van der Waals surface area contributed by atoms with E-state index in [0.717, 1.165) is 6.07 Å². The van der Waals surface area contributed by atoms with Crippen molar-refractivity contribution in [2.45, 2.75) is 6.61 Å². The Morgan fingerprint density at radius 3 is 2.69 bits per heavy atom. The average molecular weight is 207 g/mol. The summed E-state index contributed by atoms with van der Waals surface area (Å²) in [6, 6.07) is 0.972. The van der Waals surface area contributed by atoms with Crippen LogP contribution in [-0.2, 0) is 6.61 Å². The molecule has 0 saturated heterocycles. The smallest absolute Gasteiger partial charge is 0.174 e. The summed E-state index contributed by atoms with van der Waals surface area (Å²) in [5, 5.41) is 17.6. The Morgan fingerprint density at radius 1 is 1.62 bits per heavy atom. The standard InChI is InChI=1S/C8H8ClFO3/c1-13-8-4(3-11)2-5(10)7(12)6(8)9/h2,11-12H,3H2,1H3. The molecule has 0 atom stereocenters. The van der Waals surface area contributed by atoms with Crippen LogP contribution >= 0.6 is 11.6 Å². The Balaban J connectivity index is 3.39. The van der Waals surface area contributed by atoms with Crippen molar-refractivity contribution in [3.8, 4) is 11.5 Å². The van der Waals surface area contributed by atoms with Gasteiger partial charge in [0.15, 0.2) is 11.6 Å². The first-order valence-electron chi connectivity index (χ1n) is 3.46. The van der Waals surface area contributed by atoms with Crippen LogP contribution in [0.4, 0.5) is 4.39 Å². The lowest BCUT2D eigenvalue weighted by Crippen LogP contribution is -1.95. The first kappa shape index (κ1) is 10.1. The topological polar surface area (TPSA) is 49.7 Å². The van der Waals surface area contributed by atoms with Gasteiger partial charge < -0.3 is 14.9 Å². The molecule has 0 spiro atoms. The Labute approximate surface area is 79.3 Å². The number of aromatic hydroxyl groups is 1. The highest BCUT2D eigenvalue weighted by molar-refractivity contribution is 6.33. The van der Waals surface area contributed by atoms with Crippen LogP contribution in [0.2, 0.25) is 5.02 Å². The van der Waals surface area contributed by atoms with Crippen molar-refractivity contribution in [1.82, 2.24) is 0 Å². The van der Waals surface area contributed by atoms with Gasteiger partial charge in [-0.3, -0.25) is 0 Å². The second-order valence-electron chi connectivity index (χ2n) is 2.37. The number of methoxy groups -OCH3 is 1. The van der Waals surface area contributed by atoms with E-state index in [-0.39, 0.29) is 16.3 Å². The van der Waals surface area contributed by atoms with Gasteiger partial charge >= 0.3 is 0 Å². The van der Waals surface area contributed by atoms with E-state index >= 15 is 0 Å². The fourth-order valence-corrected chi connectivity index (χ4v) is 1.27. The van der Waals surface area contributed by atoms with E-state index in [1.807, 2.05) is 0 Å². The largest absolute Gasteiger partial charge is 0.504 e. The number of hydrogen-bond donors (Lipinski definition) is 2. The summed E-state index contributed by atoms with van der Waals surface area (Å²) in [5.41, 5.74) is 0.197. The summed E-state index contributed by atoms with van der Waals surface area (Å²) < 4.78 is 17.6. The number of aliphatic hydroxyl groups is 1. The monoisotopic (exact) mass is 206 g/mol. The molecule has 0 unspecified atom stereocenters. The van der Waals surface area contributed by atoms with Gasteiger partial charge in [-0.05, 0) is 6.07 Å². The Bertz CT molecular complexity index is 328. The molecule has 0 aliphatic rings. The first-order valence-corrected chi connectivity index (χ1v) is 3.84. The molecule has 13 heavy (non-hydrogen) atoms. The Morgan fingerprint density at radius 2 is 2.23 bits per heavy atom. The van der Waals surface area contributed by atoms with Crippen molar-refractivity contribution in [2.75, 3.05) is 7.11 Å². The molecule has 0 amide bonds. The van der Waals surface area contributed by atoms with Gasteiger partial charge in [-0.25, -0.2) is 4.39 Å². The van der Waals surface area contributed by atoms with Crippen molar-refractivity contribution in [3.05, 3.63) is 22.5 Å². The van der Waals surface area contributed by atoms with E-state index in [0.29, 0.717) is 0 Å². The predicted octanol–water partition coefficient (Wildman–Crippen LogP) is 1.69. The number of halogens is 2. The van der Waals surface area contributed by atoms with E-state index in [1.54, 1.807) is 0 Å². The van der Waals surface area contributed by atoms with E-state index in [2.05, 4.69) is 0 Å². The summed E-state index contributed by atoms with van der Waals surface area (Å²) in [4.78, 5) is 0. The molecule has 2 N–H and O–H groups in total. The lowest BCUT2D eigenvalue weighted by Gasteiger charge is -2.09. The Hall–Kier alpha value is -1.00. The van der Waals surface area contributed by atoms with Crippen LogP contribution in [0.25, 0.3) is 0 Å². The summed E-state index contributed by atoms with van der Waals surface area (Å²) in [5.74, 6) is -1.46. The minimum absolute atomic E-state index is 0.0862. The highest BCUT2D eigenvalue weighted by Gasteiger charge is 2.16. The molecular formula is C8H8ClFO3. The van der Waals surface area contributed by atoms with E-state index in [4.69, 9.17) is 26.6 Å². The molecule has 1 rings (SSSR count). The second kappa shape index (κ2) is 3.81. The molecule has 0 aliphatic heterocycles. The molecule has 0 aliphatic carbocycles. The summed E-state index contributed by atoms with van der Waals surface area (Å²) in [7, 11) is 1.32. The molecule has 0 fully saturated rings. The van der Waals surface area contributed by atoms with Crippen LogP contribution < -0.4 is 4.74 Å². The first-order chi connectivity index (χ1) is 6.11. The molecule has 0 radical (unpaired) electrons. The minimum Gasteiger partial charge on any atom is -0.504 e. The lowest BCUT2D eigenvalue weighted by molar-refractivity contribution is 0.272. The number of phenolic OH excluding ortho intramolecular Hbond substituents is 1. The summed E-state index contributed by atoms with van der Waals surface area (Å²) in [6.07, 6.45) is 0. The molecule has 0 aromatic heterocycles. The number of benzene rings is 1. The van der Waals surface area contributed by atoms with E-state index < -0.39 is 18.2 Å². The minimum atomic E-state index is -0.880. The molecule has 1 aromatic carbocycles. The van der Waals surface area contributed by atoms with Gasteiger partial charge in [0, 0.05) is 5.56 Å². The number of ether oxygens (including phenoxy) is 1. The average Bonchev–Trinajstić information content (AvgIpc) is 2.13. The molecule has 0 heterocycles. The zero-order chi connectivity index (χ0) is 10.0. The molecule has 0 bridgehead atoms. The zero-order valence-electron chi connectivity index (χ0n) is 6.84. The molecule has 72 valence electrons. The maximum Gasteiger partial charge on any atom is 0.174 e.